The number of halogens is 2. The fourth-order valence-electron chi connectivity index (χ4n) is 0.916. The number of hydrogen-bond acceptors (Lipinski definition) is 1. The van der Waals surface area contributed by atoms with Crippen molar-refractivity contribution in [1.29, 1.82) is 0 Å². The first-order valence-corrected chi connectivity index (χ1v) is 4.79. The predicted molar refractivity (Wildman–Crippen MR) is 57.0 cm³/mol. The quantitative estimate of drug-likeness (QED) is 0.649. The van der Waals surface area contributed by atoms with E-state index < -0.39 is 0 Å². The van der Waals surface area contributed by atoms with E-state index in [-0.39, 0.29) is 0 Å². The SMILES string of the molecule is Cc1c(Cl)cccc1CNI. The summed E-state index contributed by atoms with van der Waals surface area (Å²) in [6.07, 6.45) is 0. The molecule has 0 heterocycles. The highest BCUT2D eigenvalue weighted by atomic mass is 127. The normalized spacial score (nSPS) is 10.1. The molecular formula is C8H9ClIN. The van der Waals surface area contributed by atoms with E-state index in [9.17, 15) is 0 Å². The third-order valence-corrected chi connectivity index (χ3v) is 2.43. The average molecular weight is 282 g/mol. The number of nitrogens with one attached hydrogen (secondary N) is 1. The van der Waals surface area contributed by atoms with Crippen molar-refractivity contribution >= 4 is 34.5 Å². The highest BCUT2D eigenvalue weighted by Crippen LogP contribution is 2.18. The lowest BCUT2D eigenvalue weighted by molar-refractivity contribution is 0.998. The van der Waals surface area contributed by atoms with Gasteiger partial charge in [0.25, 0.3) is 0 Å². The second-order valence-corrected chi connectivity index (χ2v) is 3.50. The predicted octanol–water partition coefficient (Wildman–Crippen LogP) is 3.09. The molecule has 0 atom stereocenters. The molecule has 0 unspecified atom stereocenters. The molecule has 0 bridgehead atoms. The van der Waals surface area contributed by atoms with Gasteiger partial charge in [0, 0.05) is 34.4 Å². The molecule has 1 N–H and O–H groups in total. The van der Waals surface area contributed by atoms with Gasteiger partial charge in [-0.15, -0.1) is 0 Å². The Kier molecular flexibility index (Phi) is 3.62. The van der Waals surface area contributed by atoms with Gasteiger partial charge in [-0.05, 0) is 24.1 Å². The van der Waals surface area contributed by atoms with Crippen molar-refractivity contribution in [3.05, 3.63) is 34.3 Å². The van der Waals surface area contributed by atoms with Crippen LogP contribution in [0, 0.1) is 6.92 Å². The monoisotopic (exact) mass is 281 g/mol. The van der Waals surface area contributed by atoms with Crippen LogP contribution in [0.4, 0.5) is 0 Å². The highest BCUT2D eigenvalue weighted by Gasteiger charge is 1.99. The van der Waals surface area contributed by atoms with E-state index in [1.165, 1.54) is 11.1 Å². The van der Waals surface area contributed by atoms with Gasteiger partial charge in [0.2, 0.25) is 0 Å². The molecule has 11 heavy (non-hydrogen) atoms. The molecule has 1 nitrogen and oxygen atoms in total. The highest BCUT2D eigenvalue weighted by molar-refractivity contribution is 14.1. The zero-order chi connectivity index (χ0) is 8.27. The van der Waals surface area contributed by atoms with E-state index in [2.05, 4.69) is 32.5 Å². The van der Waals surface area contributed by atoms with Gasteiger partial charge in [-0.1, -0.05) is 23.7 Å². The standard InChI is InChI=1S/C8H9ClIN/c1-6-7(5-11-10)3-2-4-8(6)9/h2-4,11H,5H2,1H3. The third kappa shape index (κ3) is 2.32. The molecule has 0 aromatic heterocycles. The van der Waals surface area contributed by atoms with Crippen molar-refractivity contribution in [3.63, 3.8) is 0 Å². The molecule has 60 valence electrons. The van der Waals surface area contributed by atoms with Crippen LogP contribution in [0.3, 0.4) is 0 Å². The first-order chi connectivity index (χ1) is 5.25. The minimum Gasteiger partial charge on any atom is -0.257 e. The molecular weight excluding hydrogens is 272 g/mol. The van der Waals surface area contributed by atoms with Gasteiger partial charge in [0.1, 0.15) is 0 Å². The van der Waals surface area contributed by atoms with Crippen LogP contribution in [0.25, 0.3) is 0 Å². The summed E-state index contributed by atoms with van der Waals surface area (Å²) in [4.78, 5) is 0. The van der Waals surface area contributed by atoms with Gasteiger partial charge in [-0.25, -0.2) is 0 Å². The largest absolute Gasteiger partial charge is 0.257 e. The molecule has 1 rings (SSSR count). The lowest BCUT2D eigenvalue weighted by Crippen LogP contribution is -1.99. The van der Waals surface area contributed by atoms with Crippen LogP contribution in [0.5, 0.6) is 0 Å². The van der Waals surface area contributed by atoms with Gasteiger partial charge < -0.3 is 0 Å². The van der Waals surface area contributed by atoms with E-state index in [0.29, 0.717) is 0 Å². The first-order valence-electron chi connectivity index (χ1n) is 3.33. The summed E-state index contributed by atoms with van der Waals surface area (Å²) in [5.74, 6) is 0. The summed E-state index contributed by atoms with van der Waals surface area (Å²) >= 11 is 8.05. The Morgan fingerprint density at radius 2 is 2.27 bits per heavy atom. The number of benzene rings is 1. The van der Waals surface area contributed by atoms with Crippen LogP contribution in [0.2, 0.25) is 5.02 Å². The van der Waals surface area contributed by atoms with Gasteiger partial charge in [-0.2, -0.15) is 0 Å². The van der Waals surface area contributed by atoms with Gasteiger partial charge in [0.05, 0.1) is 0 Å². The summed E-state index contributed by atoms with van der Waals surface area (Å²) in [5, 5.41) is 0.842. The maximum atomic E-state index is 5.92. The van der Waals surface area contributed by atoms with Crippen molar-refractivity contribution in [2.75, 3.05) is 0 Å². The van der Waals surface area contributed by atoms with E-state index in [1.807, 2.05) is 19.1 Å². The van der Waals surface area contributed by atoms with Crippen LogP contribution >= 0.6 is 34.5 Å². The minimum absolute atomic E-state index is 0.842. The molecule has 0 spiro atoms. The molecule has 3 heteroatoms. The van der Waals surface area contributed by atoms with E-state index in [1.54, 1.807) is 0 Å². The number of hydrogen-bond donors (Lipinski definition) is 1. The Balaban J connectivity index is 2.96. The maximum Gasteiger partial charge on any atom is 0.0438 e. The van der Waals surface area contributed by atoms with Crippen molar-refractivity contribution in [1.82, 2.24) is 3.53 Å². The lowest BCUT2D eigenvalue weighted by Gasteiger charge is -2.04. The zero-order valence-electron chi connectivity index (χ0n) is 6.20. The Labute approximate surface area is 85.6 Å². The van der Waals surface area contributed by atoms with E-state index >= 15 is 0 Å². The summed E-state index contributed by atoms with van der Waals surface area (Å²) in [7, 11) is 0. The van der Waals surface area contributed by atoms with Crippen molar-refractivity contribution in [2.45, 2.75) is 13.5 Å². The second kappa shape index (κ2) is 4.28. The summed E-state index contributed by atoms with van der Waals surface area (Å²) in [6, 6.07) is 5.96. The Morgan fingerprint density at radius 3 is 2.91 bits per heavy atom. The van der Waals surface area contributed by atoms with Crippen molar-refractivity contribution in [3.8, 4) is 0 Å². The van der Waals surface area contributed by atoms with Gasteiger partial charge in [0.15, 0.2) is 0 Å². The van der Waals surface area contributed by atoms with Crippen LogP contribution in [0.15, 0.2) is 18.2 Å². The molecule has 0 amide bonds. The molecule has 1 aromatic carbocycles. The van der Waals surface area contributed by atoms with Gasteiger partial charge >= 0.3 is 0 Å². The molecule has 0 saturated carbocycles. The molecule has 0 aliphatic carbocycles. The second-order valence-electron chi connectivity index (χ2n) is 2.33. The summed E-state index contributed by atoms with van der Waals surface area (Å²) in [5.41, 5.74) is 2.42. The van der Waals surface area contributed by atoms with E-state index in [0.717, 1.165) is 11.6 Å². The maximum absolute atomic E-state index is 5.92. The smallest absolute Gasteiger partial charge is 0.0438 e. The van der Waals surface area contributed by atoms with Crippen LogP contribution in [-0.2, 0) is 6.54 Å². The Hall–Kier alpha value is 0.200. The third-order valence-electron chi connectivity index (χ3n) is 1.64. The minimum atomic E-state index is 0.842. The van der Waals surface area contributed by atoms with Crippen LogP contribution < -0.4 is 3.53 Å². The molecule has 0 saturated heterocycles. The Morgan fingerprint density at radius 1 is 1.55 bits per heavy atom. The van der Waals surface area contributed by atoms with Crippen LogP contribution in [-0.4, -0.2) is 0 Å². The molecule has 0 aliphatic heterocycles. The van der Waals surface area contributed by atoms with Gasteiger partial charge in [-0.3, -0.25) is 3.53 Å². The molecule has 0 aliphatic rings. The van der Waals surface area contributed by atoms with Crippen LogP contribution in [0.1, 0.15) is 11.1 Å². The molecule has 1 aromatic rings. The first kappa shape index (κ1) is 9.29. The fraction of sp³-hybridized carbons (Fsp3) is 0.250. The van der Waals surface area contributed by atoms with Crippen molar-refractivity contribution in [2.24, 2.45) is 0 Å². The zero-order valence-corrected chi connectivity index (χ0v) is 9.11. The Bertz CT molecular complexity index is 250. The van der Waals surface area contributed by atoms with Crippen molar-refractivity contribution < 1.29 is 0 Å². The summed E-state index contributed by atoms with van der Waals surface area (Å²) in [6.45, 7) is 2.90. The summed E-state index contributed by atoms with van der Waals surface area (Å²) < 4.78 is 3.06. The topological polar surface area (TPSA) is 12.0 Å². The lowest BCUT2D eigenvalue weighted by atomic mass is 10.1. The molecule has 0 fully saturated rings. The van der Waals surface area contributed by atoms with E-state index in [4.69, 9.17) is 11.6 Å². The average Bonchev–Trinajstić information content (AvgIpc) is 1.99. The fourth-order valence-corrected chi connectivity index (χ4v) is 1.52. The molecule has 0 radical (unpaired) electrons. The number of rotatable bonds is 2.